The van der Waals surface area contributed by atoms with Gasteiger partial charge >= 0.3 is 5.69 Å². The van der Waals surface area contributed by atoms with E-state index in [2.05, 4.69) is 83.8 Å². The van der Waals surface area contributed by atoms with Gasteiger partial charge in [-0.1, -0.05) is 102 Å². The van der Waals surface area contributed by atoms with E-state index in [9.17, 15) is 4.79 Å². The number of nitrogens with zero attached hydrogens (tertiary/aromatic N) is 3. The molecular formula is C33H19N3OS. The summed E-state index contributed by atoms with van der Waals surface area (Å²) in [4.78, 5) is 22.8. The average Bonchev–Trinajstić information content (AvgIpc) is 3.36. The monoisotopic (exact) mass is 505 g/mol. The lowest BCUT2D eigenvalue weighted by molar-refractivity contribution is 0.993. The van der Waals surface area contributed by atoms with Crippen molar-refractivity contribution in [2.24, 2.45) is 0 Å². The molecule has 0 saturated carbocycles. The molecule has 8 rings (SSSR count). The van der Waals surface area contributed by atoms with Gasteiger partial charge in [-0.15, -0.1) is 0 Å². The van der Waals surface area contributed by atoms with Crippen molar-refractivity contribution in [1.29, 1.82) is 0 Å². The van der Waals surface area contributed by atoms with Crippen LogP contribution in [0, 0.1) is 0 Å². The molecule has 0 atom stereocenters. The molecule has 0 aliphatic carbocycles. The predicted octanol–water partition coefficient (Wildman–Crippen LogP) is 8.10. The van der Waals surface area contributed by atoms with Gasteiger partial charge in [0.15, 0.2) is 5.82 Å². The largest absolute Gasteiger partial charge is 0.356 e. The lowest BCUT2D eigenvalue weighted by Gasteiger charge is -2.12. The summed E-state index contributed by atoms with van der Waals surface area (Å²) in [5, 5.41) is 7.49. The fraction of sp³-hybridized carbons (Fsp3) is 0. The van der Waals surface area contributed by atoms with Crippen molar-refractivity contribution < 1.29 is 0 Å². The zero-order valence-corrected chi connectivity index (χ0v) is 20.9. The van der Waals surface area contributed by atoms with Crippen LogP contribution in [0.15, 0.2) is 120 Å². The fourth-order valence-electron chi connectivity index (χ4n) is 5.54. The molecule has 0 bridgehead atoms. The topological polar surface area (TPSA) is 47.3 Å². The van der Waals surface area contributed by atoms with E-state index in [4.69, 9.17) is 4.98 Å². The van der Waals surface area contributed by atoms with Crippen LogP contribution in [-0.4, -0.2) is 14.4 Å². The Labute approximate surface area is 221 Å². The van der Waals surface area contributed by atoms with Gasteiger partial charge in [-0.25, -0.2) is 9.20 Å². The van der Waals surface area contributed by atoms with Gasteiger partial charge in [-0.05, 0) is 67.7 Å². The average molecular weight is 506 g/mol. The van der Waals surface area contributed by atoms with E-state index in [-0.39, 0.29) is 5.69 Å². The van der Waals surface area contributed by atoms with E-state index in [0.717, 1.165) is 26.9 Å². The summed E-state index contributed by atoms with van der Waals surface area (Å²) in [5.74, 6) is 0.445. The number of para-hydroxylation sites is 1. The molecule has 0 spiro atoms. The minimum atomic E-state index is -0.308. The molecule has 8 aromatic rings. The van der Waals surface area contributed by atoms with Crippen LogP contribution in [0.3, 0.4) is 0 Å². The number of aromatic nitrogens is 3. The summed E-state index contributed by atoms with van der Waals surface area (Å²) < 4.78 is 2.60. The van der Waals surface area contributed by atoms with E-state index in [0.29, 0.717) is 10.8 Å². The van der Waals surface area contributed by atoms with Crippen molar-refractivity contribution in [2.75, 3.05) is 0 Å². The Morgan fingerprint density at radius 1 is 0.526 bits per heavy atom. The van der Waals surface area contributed by atoms with Gasteiger partial charge < -0.3 is 0 Å². The Morgan fingerprint density at radius 3 is 1.89 bits per heavy atom. The molecule has 0 radical (unpaired) electrons. The number of fused-ring (bicyclic) bond motifs is 9. The van der Waals surface area contributed by atoms with Crippen LogP contribution in [0.4, 0.5) is 0 Å². The molecule has 2 aromatic heterocycles. The van der Waals surface area contributed by atoms with E-state index >= 15 is 0 Å². The van der Waals surface area contributed by atoms with Crippen molar-refractivity contribution in [3.8, 4) is 22.5 Å². The Balaban J connectivity index is 1.31. The molecule has 0 unspecified atom stereocenters. The van der Waals surface area contributed by atoms with Gasteiger partial charge in [-0.2, -0.15) is 9.97 Å². The summed E-state index contributed by atoms with van der Waals surface area (Å²) >= 11 is 1.50. The molecule has 2 heterocycles. The summed E-state index contributed by atoms with van der Waals surface area (Å²) in [6, 6.07) is 39.8. The van der Waals surface area contributed by atoms with E-state index < -0.39 is 0 Å². The lowest BCUT2D eigenvalue weighted by atomic mass is 9.92. The van der Waals surface area contributed by atoms with Crippen molar-refractivity contribution in [2.45, 2.75) is 0 Å². The van der Waals surface area contributed by atoms with Gasteiger partial charge in [0.2, 0.25) is 4.96 Å². The highest BCUT2D eigenvalue weighted by atomic mass is 32.1. The molecule has 6 aromatic carbocycles. The summed E-state index contributed by atoms with van der Waals surface area (Å²) in [7, 11) is 0. The molecule has 38 heavy (non-hydrogen) atoms. The Kier molecular flexibility index (Phi) is 4.51. The first-order valence-corrected chi connectivity index (χ1v) is 13.3. The SMILES string of the molecule is O=c1nc(-c2cccc(-c3ccc4c5ccccc5c5ccccc5c4c3)c2)nc2sc3ccccc3n12. The fourth-order valence-corrected chi connectivity index (χ4v) is 6.55. The number of rotatable bonds is 2. The summed E-state index contributed by atoms with van der Waals surface area (Å²) in [6.45, 7) is 0. The highest BCUT2D eigenvalue weighted by Crippen LogP contribution is 2.37. The summed E-state index contributed by atoms with van der Waals surface area (Å²) in [6.07, 6.45) is 0. The van der Waals surface area contributed by atoms with Gasteiger partial charge in [0.05, 0.1) is 10.2 Å². The number of hydrogen-bond donors (Lipinski definition) is 0. The van der Waals surface area contributed by atoms with Crippen LogP contribution >= 0.6 is 11.3 Å². The highest BCUT2D eigenvalue weighted by Gasteiger charge is 2.13. The van der Waals surface area contributed by atoms with E-state index in [1.807, 2.05) is 36.4 Å². The molecule has 0 N–H and O–H groups in total. The quantitative estimate of drug-likeness (QED) is 0.223. The molecule has 0 saturated heterocycles. The molecule has 0 aliphatic heterocycles. The van der Waals surface area contributed by atoms with Gasteiger partial charge in [0, 0.05) is 5.56 Å². The van der Waals surface area contributed by atoms with Crippen LogP contribution in [-0.2, 0) is 0 Å². The second-order valence-electron chi connectivity index (χ2n) is 9.45. The predicted molar refractivity (Wildman–Crippen MR) is 158 cm³/mol. The minimum Gasteiger partial charge on any atom is -0.245 e. The Morgan fingerprint density at radius 2 is 1.13 bits per heavy atom. The summed E-state index contributed by atoms with van der Waals surface area (Å²) in [5.41, 5.74) is 3.52. The molecule has 0 amide bonds. The van der Waals surface area contributed by atoms with Gasteiger partial charge in [0.25, 0.3) is 0 Å². The third-order valence-corrected chi connectivity index (χ3v) is 8.31. The van der Waals surface area contributed by atoms with Crippen LogP contribution in [0.1, 0.15) is 0 Å². The van der Waals surface area contributed by atoms with Gasteiger partial charge in [-0.3, -0.25) is 0 Å². The number of thiazole rings is 1. The molecule has 178 valence electrons. The zero-order chi connectivity index (χ0) is 25.2. The second-order valence-corrected chi connectivity index (χ2v) is 10.5. The van der Waals surface area contributed by atoms with Gasteiger partial charge in [0.1, 0.15) is 0 Å². The third kappa shape index (κ3) is 3.12. The van der Waals surface area contributed by atoms with Crippen molar-refractivity contribution in [3.63, 3.8) is 0 Å². The third-order valence-electron chi connectivity index (χ3n) is 7.29. The number of benzene rings is 6. The van der Waals surface area contributed by atoms with Crippen LogP contribution < -0.4 is 5.69 Å². The first-order chi connectivity index (χ1) is 18.7. The normalized spacial score (nSPS) is 11.8. The zero-order valence-electron chi connectivity index (χ0n) is 20.1. The van der Waals surface area contributed by atoms with Crippen LogP contribution in [0.5, 0.6) is 0 Å². The highest BCUT2D eigenvalue weighted by molar-refractivity contribution is 7.23. The Bertz CT molecular complexity index is 2240. The maximum Gasteiger partial charge on any atom is 0.356 e. The number of hydrogen-bond acceptors (Lipinski definition) is 4. The van der Waals surface area contributed by atoms with Crippen LogP contribution in [0.25, 0.3) is 70.0 Å². The van der Waals surface area contributed by atoms with E-state index in [1.54, 1.807) is 4.40 Å². The molecular weight excluding hydrogens is 486 g/mol. The maximum absolute atomic E-state index is 13.0. The standard InChI is InChI=1S/C33H19N3OS/c37-32-34-31(35-33-36(32)29-14-5-6-15-30(29)38-33)22-9-7-8-20(18-22)21-16-17-27-25-12-2-1-10-23(25)24-11-3-4-13-26(24)28(27)19-21/h1-19H. The van der Waals surface area contributed by atoms with Crippen molar-refractivity contribution >= 4 is 58.8 Å². The van der Waals surface area contributed by atoms with Crippen molar-refractivity contribution in [3.05, 3.63) is 126 Å². The molecule has 0 aliphatic rings. The van der Waals surface area contributed by atoms with Crippen LogP contribution in [0.2, 0.25) is 0 Å². The second kappa shape index (κ2) is 8.07. The van der Waals surface area contributed by atoms with Crippen molar-refractivity contribution in [1.82, 2.24) is 14.4 Å². The Hall–Kier alpha value is -4.87. The molecule has 5 heteroatoms. The first-order valence-electron chi connectivity index (χ1n) is 12.5. The maximum atomic E-state index is 13.0. The smallest absolute Gasteiger partial charge is 0.245 e. The van der Waals surface area contributed by atoms with E-state index in [1.165, 1.54) is 43.7 Å². The minimum absolute atomic E-state index is 0.308. The first kappa shape index (κ1) is 21.2. The molecule has 0 fully saturated rings. The lowest BCUT2D eigenvalue weighted by Crippen LogP contribution is -2.17. The molecule has 4 nitrogen and oxygen atoms in total.